The minimum Gasteiger partial charge on any atom is -0.384 e. The molecule has 0 spiro atoms. The van der Waals surface area contributed by atoms with Gasteiger partial charge in [-0.1, -0.05) is 27.2 Å². The Hall–Kier alpha value is -1.14. The monoisotopic (exact) mass is 299 g/mol. The van der Waals surface area contributed by atoms with Crippen molar-refractivity contribution in [2.75, 3.05) is 25.5 Å². The Morgan fingerprint density at radius 3 is 2.70 bits per heavy atom. The number of pyridine rings is 1. The molecule has 0 fully saturated rings. The highest BCUT2D eigenvalue weighted by molar-refractivity contribution is 7.89. The molecular weight excluding hydrogens is 274 g/mol. The van der Waals surface area contributed by atoms with Gasteiger partial charge in [0.25, 0.3) is 0 Å². The molecule has 20 heavy (non-hydrogen) atoms. The third-order valence-corrected chi connectivity index (χ3v) is 5.15. The zero-order valence-corrected chi connectivity index (χ0v) is 13.6. The van der Waals surface area contributed by atoms with Crippen LogP contribution in [-0.4, -0.2) is 37.8 Å². The van der Waals surface area contributed by atoms with E-state index in [1.807, 2.05) is 13.8 Å². The van der Waals surface area contributed by atoms with Gasteiger partial charge in [-0.3, -0.25) is 4.98 Å². The predicted molar refractivity (Wildman–Crippen MR) is 82.3 cm³/mol. The average Bonchev–Trinajstić information content (AvgIpc) is 2.45. The summed E-state index contributed by atoms with van der Waals surface area (Å²) in [5.41, 5.74) is 0.623. The first kappa shape index (κ1) is 16.9. The van der Waals surface area contributed by atoms with Gasteiger partial charge in [0.15, 0.2) is 0 Å². The molecule has 1 rings (SSSR count). The third-order valence-electron chi connectivity index (χ3n) is 3.30. The van der Waals surface area contributed by atoms with Crippen molar-refractivity contribution in [3.05, 3.63) is 18.5 Å². The largest absolute Gasteiger partial charge is 0.384 e. The second kappa shape index (κ2) is 7.59. The fourth-order valence-electron chi connectivity index (χ4n) is 1.83. The third kappa shape index (κ3) is 4.18. The maximum absolute atomic E-state index is 12.6. The molecular formula is C14H25N3O2S. The molecule has 114 valence electrons. The zero-order chi connectivity index (χ0) is 15.2. The lowest BCUT2D eigenvalue weighted by Crippen LogP contribution is -2.31. The van der Waals surface area contributed by atoms with Gasteiger partial charge in [-0.05, 0) is 18.4 Å². The van der Waals surface area contributed by atoms with Crippen molar-refractivity contribution in [1.82, 2.24) is 9.29 Å². The molecule has 0 saturated heterocycles. The number of anilines is 1. The molecule has 0 saturated carbocycles. The summed E-state index contributed by atoms with van der Waals surface area (Å²) in [6.07, 6.45) is 4.91. The summed E-state index contributed by atoms with van der Waals surface area (Å²) in [6, 6.07) is 1.71. The maximum atomic E-state index is 12.6. The highest BCUT2D eigenvalue weighted by Crippen LogP contribution is 2.23. The lowest BCUT2D eigenvalue weighted by atomic mass is 10.1. The fraction of sp³-hybridized carbons (Fsp3) is 0.643. The zero-order valence-electron chi connectivity index (χ0n) is 12.8. The Labute approximate surface area is 122 Å². The van der Waals surface area contributed by atoms with Crippen LogP contribution >= 0.6 is 0 Å². The van der Waals surface area contributed by atoms with Gasteiger partial charge in [-0.25, -0.2) is 12.7 Å². The van der Waals surface area contributed by atoms with Gasteiger partial charge < -0.3 is 5.32 Å². The Kier molecular flexibility index (Phi) is 6.42. The Morgan fingerprint density at radius 1 is 1.40 bits per heavy atom. The Balaban J connectivity index is 3.02. The summed E-state index contributed by atoms with van der Waals surface area (Å²) in [5.74, 6) is 0.332. The lowest BCUT2D eigenvalue weighted by Gasteiger charge is -2.22. The summed E-state index contributed by atoms with van der Waals surface area (Å²) in [4.78, 5) is 4.20. The van der Waals surface area contributed by atoms with Crippen LogP contribution in [0.15, 0.2) is 23.4 Å². The molecule has 0 aliphatic rings. The molecule has 1 atom stereocenters. The van der Waals surface area contributed by atoms with E-state index in [4.69, 9.17) is 0 Å². The standard InChI is InChI=1S/C14H25N3O2S/c1-5-8-16-13-7-9-15-10-14(13)20(18,19)17(4)11-12(3)6-2/h7,9-10,12H,5-6,8,11H2,1-4H3,(H,15,16). The summed E-state index contributed by atoms with van der Waals surface area (Å²) >= 11 is 0. The van der Waals surface area contributed by atoms with Crippen LogP contribution in [0.25, 0.3) is 0 Å². The molecule has 5 nitrogen and oxygen atoms in total. The Bertz CT molecular complexity index is 517. The minimum atomic E-state index is -3.50. The van der Waals surface area contributed by atoms with Crippen LogP contribution in [0.5, 0.6) is 0 Å². The summed E-state index contributed by atoms with van der Waals surface area (Å²) < 4.78 is 26.6. The van der Waals surface area contributed by atoms with Crippen LogP contribution in [-0.2, 0) is 10.0 Å². The molecule has 0 aromatic carbocycles. The van der Waals surface area contributed by atoms with Gasteiger partial charge in [0.1, 0.15) is 4.90 Å². The quantitative estimate of drug-likeness (QED) is 0.801. The van der Waals surface area contributed by atoms with Gasteiger partial charge in [-0.15, -0.1) is 0 Å². The van der Waals surface area contributed by atoms with E-state index in [1.165, 1.54) is 10.5 Å². The van der Waals surface area contributed by atoms with Gasteiger partial charge >= 0.3 is 0 Å². The lowest BCUT2D eigenvalue weighted by molar-refractivity contribution is 0.393. The normalized spacial score (nSPS) is 13.4. The molecule has 1 N–H and O–H groups in total. The van der Waals surface area contributed by atoms with E-state index in [2.05, 4.69) is 17.2 Å². The number of hydrogen-bond acceptors (Lipinski definition) is 4. The van der Waals surface area contributed by atoms with Crippen LogP contribution in [0.2, 0.25) is 0 Å². The molecule has 0 radical (unpaired) electrons. The van der Waals surface area contributed by atoms with Crippen molar-refractivity contribution in [2.24, 2.45) is 5.92 Å². The average molecular weight is 299 g/mol. The Morgan fingerprint density at radius 2 is 2.10 bits per heavy atom. The highest BCUT2D eigenvalue weighted by atomic mass is 32.2. The van der Waals surface area contributed by atoms with Gasteiger partial charge in [0, 0.05) is 32.5 Å². The first-order valence-electron chi connectivity index (χ1n) is 7.07. The molecule has 0 bridgehead atoms. The molecule has 1 aromatic rings. The van der Waals surface area contributed by atoms with Gasteiger partial charge in [0.2, 0.25) is 10.0 Å². The summed E-state index contributed by atoms with van der Waals surface area (Å²) in [6.45, 7) is 7.40. The molecule has 1 heterocycles. The molecule has 0 aliphatic carbocycles. The van der Waals surface area contributed by atoms with Crippen molar-refractivity contribution in [1.29, 1.82) is 0 Å². The van der Waals surface area contributed by atoms with E-state index >= 15 is 0 Å². The van der Waals surface area contributed by atoms with E-state index < -0.39 is 10.0 Å². The van der Waals surface area contributed by atoms with Crippen LogP contribution in [0.3, 0.4) is 0 Å². The van der Waals surface area contributed by atoms with Crippen molar-refractivity contribution in [3.8, 4) is 0 Å². The number of sulfonamides is 1. The van der Waals surface area contributed by atoms with Crippen molar-refractivity contribution in [3.63, 3.8) is 0 Å². The van der Waals surface area contributed by atoms with E-state index in [9.17, 15) is 8.42 Å². The van der Waals surface area contributed by atoms with Crippen molar-refractivity contribution in [2.45, 2.75) is 38.5 Å². The number of rotatable bonds is 8. The van der Waals surface area contributed by atoms with E-state index in [0.29, 0.717) is 18.2 Å². The van der Waals surface area contributed by atoms with Crippen LogP contribution in [0.1, 0.15) is 33.6 Å². The van der Waals surface area contributed by atoms with E-state index in [0.717, 1.165) is 19.4 Å². The SMILES string of the molecule is CCCNc1ccncc1S(=O)(=O)N(C)CC(C)CC. The first-order valence-corrected chi connectivity index (χ1v) is 8.51. The number of nitrogens with one attached hydrogen (secondary N) is 1. The van der Waals surface area contributed by atoms with Crippen LogP contribution in [0.4, 0.5) is 5.69 Å². The highest BCUT2D eigenvalue weighted by Gasteiger charge is 2.25. The van der Waals surface area contributed by atoms with Gasteiger partial charge in [-0.2, -0.15) is 0 Å². The number of hydrogen-bond donors (Lipinski definition) is 1. The maximum Gasteiger partial charge on any atom is 0.246 e. The molecule has 0 amide bonds. The van der Waals surface area contributed by atoms with Crippen LogP contribution < -0.4 is 5.32 Å². The topological polar surface area (TPSA) is 62.3 Å². The summed E-state index contributed by atoms with van der Waals surface area (Å²) in [5, 5.41) is 3.15. The molecule has 1 aromatic heterocycles. The fourth-order valence-corrected chi connectivity index (χ4v) is 3.22. The minimum absolute atomic E-state index is 0.249. The molecule has 1 unspecified atom stereocenters. The van der Waals surface area contributed by atoms with Crippen molar-refractivity contribution >= 4 is 15.7 Å². The van der Waals surface area contributed by atoms with E-state index in [-0.39, 0.29) is 4.90 Å². The summed E-state index contributed by atoms with van der Waals surface area (Å²) in [7, 11) is -1.87. The molecule has 0 aliphatic heterocycles. The van der Waals surface area contributed by atoms with Crippen molar-refractivity contribution < 1.29 is 8.42 Å². The van der Waals surface area contributed by atoms with E-state index in [1.54, 1.807) is 19.3 Å². The second-order valence-corrected chi connectivity index (χ2v) is 7.11. The number of nitrogens with zero attached hydrogens (tertiary/aromatic N) is 2. The van der Waals surface area contributed by atoms with Gasteiger partial charge in [0.05, 0.1) is 5.69 Å². The number of aromatic nitrogens is 1. The second-order valence-electron chi connectivity index (χ2n) is 5.10. The van der Waals surface area contributed by atoms with Crippen LogP contribution in [0, 0.1) is 5.92 Å². The smallest absolute Gasteiger partial charge is 0.246 e. The molecule has 6 heteroatoms. The first-order chi connectivity index (χ1) is 9.43. The predicted octanol–water partition coefficient (Wildman–Crippen LogP) is 2.57.